The molecular formula is C8H10N2O2S. The molecule has 0 spiro atoms. The van der Waals surface area contributed by atoms with Crippen LogP contribution >= 0.6 is 11.8 Å². The quantitative estimate of drug-likeness (QED) is 0.569. The van der Waals surface area contributed by atoms with E-state index >= 15 is 0 Å². The molecule has 0 amide bonds. The summed E-state index contributed by atoms with van der Waals surface area (Å²) in [7, 11) is 0. The van der Waals surface area contributed by atoms with Crippen molar-refractivity contribution in [3.05, 3.63) is 16.4 Å². The molecule has 1 saturated carbocycles. The number of nitrogens with zero attached hydrogens (tertiary/aromatic N) is 2. The van der Waals surface area contributed by atoms with Gasteiger partial charge in [-0.15, -0.1) is 0 Å². The van der Waals surface area contributed by atoms with Crippen LogP contribution in [-0.4, -0.2) is 20.9 Å². The van der Waals surface area contributed by atoms with Gasteiger partial charge in [-0.3, -0.25) is 9.36 Å². The SMILES string of the molecule is CSc1nc(O)cc(=O)n1C1CC1. The zero-order valence-electron chi connectivity index (χ0n) is 7.23. The van der Waals surface area contributed by atoms with E-state index in [1.807, 2.05) is 6.26 Å². The maximum Gasteiger partial charge on any atom is 0.258 e. The van der Waals surface area contributed by atoms with Gasteiger partial charge in [0.1, 0.15) is 0 Å². The van der Waals surface area contributed by atoms with E-state index in [2.05, 4.69) is 4.98 Å². The lowest BCUT2D eigenvalue weighted by Gasteiger charge is -2.07. The van der Waals surface area contributed by atoms with Crippen molar-refractivity contribution in [3.8, 4) is 5.88 Å². The largest absolute Gasteiger partial charge is 0.493 e. The first kappa shape index (κ1) is 8.62. The molecule has 1 aliphatic carbocycles. The van der Waals surface area contributed by atoms with Gasteiger partial charge in [0.15, 0.2) is 5.16 Å². The molecule has 1 fully saturated rings. The molecule has 1 aromatic heterocycles. The molecule has 1 aromatic rings. The van der Waals surface area contributed by atoms with Gasteiger partial charge in [0.05, 0.1) is 6.07 Å². The Morgan fingerprint density at radius 1 is 1.69 bits per heavy atom. The van der Waals surface area contributed by atoms with Crippen molar-refractivity contribution in [3.63, 3.8) is 0 Å². The molecule has 0 aromatic carbocycles. The highest BCUT2D eigenvalue weighted by molar-refractivity contribution is 7.98. The average Bonchev–Trinajstić information content (AvgIpc) is 2.86. The fraction of sp³-hybridized carbons (Fsp3) is 0.500. The number of hydrogen-bond donors (Lipinski definition) is 1. The van der Waals surface area contributed by atoms with Gasteiger partial charge in [0.2, 0.25) is 5.88 Å². The molecule has 1 aliphatic rings. The highest BCUT2D eigenvalue weighted by atomic mass is 32.2. The first-order valence-electron chi connectivity index (χ1n) is 4.09. The van der Waals surface area contributed by atoms with Crippen LogP contribution in [0.3, 0.4) is 0 Å². The lowest BCUT2D eigenvalue weighted by atomic mass is 10.5. The predicted molar refractivity (Wildman–Crippen MR) is 50.2 cm³/mol. The molecule has 0 unspecified atom stereocenters. The Balaban J connectivity index is 2.56. The zero-order chi connectivity index (χ0) is 9.42. The summed E-state index contributed by atoms with van der Waals surface area (Å²) in [6.45, 7) is 0. The van der Waals surface area contributed by atoms with Crippen molar-refractivity contribution in [2.75, 3.05) is 6.26 Å². The van der Waals surface area contributed by atoms with E-state index in [4.69, 9.17) is 5.11 Å². The van der Waals surface area contributed by atoms with Crippen molar-refractivity contribution >= 4 is 11.8 Å². The molecule has 1 heterocycles. The molecular weight excluding hydrogens is 188 g/mol. The predicted octanol–water partition coefficient (Wildman–Crippen LogP) is 1.01. The summed E-state index contributed by atoms with van der Waals surface area (Å²) in [4.78, 5) is 15.3. The van der Waals surface area contributed by atoms with E-state index in [1.165, 1.54) is 11.8 Å². The number of aromatic nitrogens is 2. The van der Waals surface area contributed by atoms with Crippen molar-refractivity contribution in [1.82, 2.24) is 9.55 Å². The van der Waals surface area contributed by atoms with E-state index < -0.39 is 0 Å². The molecule has 4 nitrogen and oxygen atoms in total. The van der Waals surface area contributed by atoms with Crippen LogP contribution in [0.4, 0.5) is 0 Å². The smallest absolute Gasteiger partial charge is 0.258 e. The van der Waals surface area contributed by atoms with Crippen LogP contribution in [0.1, 0.15) is 18.9 Å². The maximum atomic E-state index is 11.5. The second-order valence-corrected chi connectivity index (χ2v) is 3.81. The molecule has 2 rings (SSSR count). The Labute approximate surface area is 79.6 Å². The van der Waals surface area contributed by atoms with Gasteiger partial charge < -0.3 is 5.11 Å². The lowest BCUT2D eigenvalue weighted by molar-refractivity contribution is 0.432. The van der Waals surface area contributed by atoms with Crippen LogP contribution in [0.25, 0.3) is 0 Å². The molecule has 1 N–H and O–H groups in total. The van der Waals surface area contributed by atoms with Crippen LogP contribution in [-0.2, 0) is 0 Å². The maximum absolute atomic E-state index is 11.5. The third-order valence-corrected chi connectivity index (χ3v) is 2.65. The Morgan fingerprint density at radius 2 is 2.38 bits per heavy atom. The molecule has 0 bridgehead atoms. The third kappa shape index (κ3) is 1.56. The highest BCUT2D eigenvalue weighted by Crippen LogP contribution is 2.35. The van der Waals surface area contributed by atoms with Gasteiger partial charge in [-0.05, 0) is 19.1 Å². The fourth-order valence-electron chi connectivity index (χ4n) is 1.27. The van der Waals surface area contributed by atoms with Gasteiger partial charge in [0.25, 0.3) is 5.56 Å². The van der Waals surface area contributed by atoms with E-state index in [1.54, 1.807) is 4.57 Å². The normalized spacial score (nSPS) is 16.1. The summed E-state index contributed by atoms with van der Waals surface area (Å²) in [6, 6.07) is 1.47. The second kappa shape index (κ2) is 3.06. The number of thioether (sulfide) groups is 1. The number of hydrogen-bond acceptors (Lipinski definition) is 4. The van der Waals surface area contributed by atoms with Gasteiger partial charge >= 0.3 is 0 Å². The van der Waals surface area contributed by atoms with Crippen LogP contribution in [0.5, 0.6) is 5.88 Å². The summed E-state index contributed by atoms with van der Waals surface area (Å²) < 4.78 is 1.66. The molecule has 0 radical (unpaired) electrons. The molecule has 5 heteroatoms. The van der Waals surface area contributed by atoms with Crippen LogP contribution < -0.4 is 5.56 Å². The average molecular weight is 198 g/mol. The van der Waals surface area contributed by atoms with Crippen LogP contribution in [0, 0.1) is 0 Å². The van der Waals surface area contributed by atoms with Gasteiger partial charge in [-0.1, -0.05) is 11.8 Å². The number of aromatic hydroxyl groups is 1. The summed E-state index contributed by atoms with van der Waals surface area (Å²) in [5.41, 5.74) is -0.153. The van der Waals surface area contributed by atoms with Gasteiger partial charge in [-0.2, -0.15) is 4.98 Å². The molecule has 13 heavy (non-hydrogen) atoms. The van der Waals surface area contributed by atoms with E-state index in [-0.39, 0.29) is 11.4 Å². The summed E-state index contributed by atoms with van der Waals surface area (Å²) in [6.07, 6.45) is 3.93. The highest BCUT2D eigenvalue weighted by Gasteiger charge is 2.27. The molecule has 0 atom stereocenters. The van der Waals surface area contributed by atoms with E-state index in [0.29, 0.717) is 11.2 Å². The summed E-state index contributed by atoms with van der Waals surface area (Å²) >= 11 is 1.38. The molecule has 70 valence electrons. The zero-order valence-corrected chi connectivity index (χ0v) is 8.04. The summed E-state index contributed by atoms with van der Waals surface area (Å²) in [5.74, 6) is -0.189. The minimum absolute atomic E-state index is 0.153. The second-order valence-electron chi connectivity index (χ2n) is 3.04. The Kier molecular flexibility index (Phi) is 2.03. The topological polar surface area (TPSA) is 55.1 Å². The van der Waals surface area contributed by atoms with Crippen molar-refractivity contribution in [2.24, 2.45) is 0 Å². The van der Waals surface area contributed by atoms with Crippen molar-refractivity contribution in [2.45, 2.75) is 24.0 Å². The lowest BCUT2D eigenvalue weighted by Crippen LogP contribution is -2.20. The molecule has 0 saturated heterocycles. The third-order valence-electron chi connectivity index (χ3n) is 2.00. The Hall–Kier alpha value is -0.970. The van der Waals surface area contributed by atoms with Crippen LogP contribution in [0.2, 0.25) is 0 Å². The standard InChI is InChI=1S/C8H10N2O2S/c1-13-8-9-6(11)4-7(12)10(8)5-2-3-5/h4-5,11H,2-3H2,1H3. The van der Waals surface area contributed by atoms with Gasteiger partial charge in [-0.25, -0.2) is 0 Å². The molecule has 0 aliphatic heterocycles. The van der Waals surface area contributed by atoms with E-state index in [0.717, 1.165) is 18.9 Å². The minimum Gasteiger partial charge on any atom is -0.493 e. The van der Waals surface area contributed by atoms with Crippen molar-refractivity contribution in [1.29, 1.82) is 0 Å². The minimum atomic E-state index is -0.189. The van der Waals surface area contributed by atoms with Gasteiger partial charge in [0, 0.05) is 6.04 Å². The fourth-order valence-corrected chi connectivity index (χ4v) is 1.89. The van der Waals surface area contributed by atoms with Crippen LogP contribution in [0.15, 0.2) is 16.0 Å². The Morgan fingerprint density at radius 3 is 2.92 bits per heavy atom. The number of rotatable bonds is 2. The monoisotopic (exact) mass is 198 g/mol. The Bertz CT molecular complexity index is 384. The van der Waals surface area contributed by atoms with E-state index in [9.17, 15) is 4.79 Å². The summed E-state index contributed by atoms with van der Waals surface area (Å²) in [5, 5.41) is 9.72. The first-order valence-corrected chi connectivity index (χ1v) is 5.31. The first-order chi connectivity index (χ1) is 6.22. The van der Waals surface area contributed by atoms with Crippen molar-refractivity contribution < 1.29 is 5.11 Å².